The lowest BCUT2D eigenvalue weighted by Gasteiger charge is -2.12. The molecule has 0 radical (unpaired) electrons. The number of hydrogen-bond donors (Lipinski definition) is 0. The van der Waals surface area contributed by atoms with E-state index in [1.807, 2.05) is 0 Å². The van der Waals surface area contributed by atoms with E-state index in [-0.39, 0.29) is 48.9 Å². The van der Waals surface area contributed by atoms with Crippen molar-refractivity contribution < 1.29 is 13.2 Å². The van der Waals surface area contributed by atoms with Crippen LogP contribution in [0, 0.1) is 0 Å². The van der Waals surface area contributed by atoms with Gasteiger partial charge in [-0.05, 0) is 30.0 Å². The molecule has 0 bridgehead atoms. The molecule has 2 heterocycles. The van der Waals surface area contributed by atoms with Gasteiger partial charge in [0.25, 0.3) is 5.78 Å². The van der Waals surface area contributed by atoms with E-state index in [1.54, 1.807) is 0 Å². The molecule has 3 aromatic rings. The number of alkyl halides is 3. The third kappa shape index (κ3) is 3.35. The van der Waals surface area contributed by atoms with Gasteiger partial charge in [0, 0.05) is 15.5 Å². The highest BCUT2D eigenvalue weighted by molar-refractivity contribution is 8.00. The molecule has 0 saturated carbocycles. The van der Waals surface area contributed by atoms with Gasteiger partial charge in [0.2, 0.25) is 0 Å². The first-order chi connectivity index (χ1) is 10.8. The predicted molar refractivity (Wildman–Crippen MR) is 83.2 cm³/mol. The van der Waals surface area contributed by atoms with Crippen LogP contribution in [-0.2, 0) is 0 Å². The molecular formula is C12H4Cl3F3N4S. The van der Waals surface area contributed by atoms with Crippen LogP contribution in [-0.4, -0.2) is 25.1 Å². The van der Waals surface area contributed by atoms with Crippen LogP contribution in [0.5, 0.6) is 0 Å². The van der Waals surface area contributed by atoms with E-state index in [0.717, 1.165) is 0 Å². The van der Waals surface area contributed by atoms with E-state index in [0.29, 0.717) is 0 Å². The molecule has 0 fully saturated rings. The minimum Gasteiger partial charge on any atom is -0.198 e. The van der Waals surface area contributed by atoms with Gasteiger partial charge in [-0.15, -0.1) is 0 Å². The normalized spacial score (nSPS) is 12.1. The van der Waals surface area contributed by atoms with Crippen molar-refractivity contribution in [2.75, 3.05) is 0 Å². The minimum absolute atomic E-state index is 0.0356. The molecule has 4 nitrogen and oxygen atoms in total. The highest BCUT2D eigenvalue weighted by atomic mass is 35.5. The summed E-state index contributed by atoms with van der Waals surface area (Å²) in [5.74, 6) is 0.167. The summed E-state index contributed by atoms with van der Waals surface area (Å²) in [7, 11) is 0. The second-order valence-electron chi connectivity index (χ2n) is 4.23. The third-order valence-corrected chi connectivity index (χ3v) is 4.44. The maximum absolute atomic E-state index is 12.5. The zero-order chi connectivity index (χ0) is 16.8. The van der Waals surface area contributed by atoms with Gasteiger partial charge in [-0.1, -0.05) is 34.8 Å². The van der Waals surface area contributed by atoms with Gasteiger partial charge in [-0.25, -0.2) is 0 Å². The Labute approximate surface area is 146 Å². The Morgan fingerprint density at radius 2 is 1.87 bits per heavy atom. The Bertz CT molecular complexity index is 897. The average Bonchev–Trinajstić information content (AvgIpc) is 2.89. The summed E-state index contributed by atoms with van der Waals surface area (Å²) < 4.78 is 38.8. The van der Waals surface area contributed by atoms with Crippen LogP contribution < -0.4 is 0 Å². The van der Waals surface area contributed by atoms with Crippen molar-refractivity contribution >= 4 is 52.3 Å². The predicted octanol–water partition coefficient (Wildman–Crippen LogP) is 5.36. The van der Waals surface area contributed by atoms with Crippen LogP contribution in [0.4, 0.5) is 13.2 Å². The van der Waals surface area contributed by atoms with Crippen LogP contribution in [0.15, 0.2) is 29.4 Å². The molecule has 0 aliphatic rings. The molecule has 3 rings (SSSR count). The molecule has 11 heteroatoms. The zero-order valence-corrected chi connectivity index (χ0v) is 13.9. The summed E-state index contributed by atoms with van der Waals surface area (Å²) in [5.41, 5.74) is -4.02. The largest absolute Gasteiger partial charge is 0.446 e. The van der Waals surface area contributed by atoms with E-state index in [2.05, 4.69) is 15.1 Å². The van der Waals surface area contributed by atoms with Gasteiger partial charge in [0.1, 0.15) is 16.6 Å². The number of halogens is 6. The molecule has 0 spiro atoms. The molecule has 0 aliphatic heterocycles. The summed E-state index contributed by atoms with van der Waals surface area (Å²) in [5, 5.41) is 4.08. The molecule has 0 aliphatic carbocycles. The average molecular weight is 400 g/mol. The van der Waals surface area contributed by atoms with E-state index < -0.39 is 5.51 Å². The lowest BCUT2D eigenvalue weighted by atomic mass is 10.1. The molecule has 0 atom stereocenters. The third-order valence-electron chi connectivity index (χ3n) is 2.77. The van der Waals surface area contributed by atoms with Gasteiger partial charge in [0.15, 0.2) is 0 Å². The summed E-state index contributed by atoms with van der Waals surface area (Å²) in [6.45, 7) is 0. The van der Waals surface area contributed by atoms with Crippen molar-refractivity contribution in [2.45, 2.75) is 10.4 Å². The number of benzene rings is 1. The van der Waals surface area contributed by atoms with Gasteiger partial charge < -0.3 is 0 Å². The Morgan fingerprint density at radius 1 is 1.13 bits per heavy atom. The Hall–Kier alpha value is -1.22. The number of hydrogen-bond acceptors (Lipinski definition) is 4. The fourth-order valence-corrected chi connectivity index (χ4v) is 3.32. The molecule has 1 aromatic carbocycles. The highest BCUT2D eigenvalue weighted by Crippen LogP contribution is 2.42. The number of fused-ring (bicyclic) bond motifs is 1. The summed E-state index contributed by atoms with van der Waals surface area (Å²) in [6.07, 6.45) is 1.23. The van der Waals surface area contributed by atoms with Gasteiger partial charge in [-0.3, -0.25) is 0 Å². The van der Waals surface area contributed by atoms with Crippen molar-refractivity contribution in [1.29, 1.82) is 0 Å². The molecule has 23 heavy (non-hydrogen) atoms. The van der Waals surface area contributed by atoms with Crippen molar-refractivity contribution in [1.82, 2.24) is 19.6 Å². The van der Waals surface area contributed by atoms with E-state index in [1.165, 1.54) is 29.0 Å². The first-order valence-corrected chi connectivity index (χ1v) is 7.81. The molecule has 0 N–H and O–H groups in total. The monoisotopic (exact) mass is 398 g/mol. The summed E-state index contributed by atoms with van der Waals surface area (Å²) >= 11 is 18.1. The second-order valence-corrected chi connectivity index (χ2v) is 6.49. The Morgan fingerprint density at radius 3 is 2.57 bits per heavy atom. The number of rotatable bonds is 2. The SMILES string of the molecule is FC(F)(F)Sc1ccc(Cl)c(-c2c(Cl)nc3ncnn3c2Cl)c1. The lowest BCUT2D eigenvalue weighted by molar-refractivity contribution is -0.0328. The van der Waals surface area contributed by atoms with Crippen LogP contribution in [0.1, 0.15) is 0 Å². The zero-order valence-electron chi connectivity index (χ0n) is 10.8. The number of aromatic nitrogens is 4. The highest BCUT2D eigenvalue weighted by Gasteiger charge is 2.30. The van der Waals surface area contributed by atoms with Crippen LogP contribution in [0.3, 0.4) is 0 Å². The Kier molecular flexibility index (Phi) is 4.35. The maximum atomic E-state index is 12.5. The van der Waals surface area contributed by atoms with Gasteiger partial charge >= 0.3 is 5.51 Å². The van der Waals surface area contributed by atoms with E-state index in [9.17, 15) is 13.2 Å². The fraction of sp³-hybridized carbons (Fsp3) is 0.0833. The number of thioether (sulfide) groups is 1. The lowest BCUT2D eigenvalue weighted by Crippen LogP contribution is -2.00. The van der Waals surface area contributed by atoms with Crippen molar-refractivity contribution in [3.63, 3.8) is 0 Å². The standard InChI is InChI=1S/C12H4Cl3F3N4S/c13-7-2-1-5(23-12(16,17)18)3-6(7)8-9(14)21-11-19-4-20-22(11)10(8)15/h1-4H. The molecule has 0 saturated heterocycles. The van der Waals surface area contributed by atoms with Crippen molar-refractivity contribution in [3.05, 3.63) is 39.9 Å². The first-order valence-electron chi connectivity index (χ1n) is 5.86. The van der Waals surface area contributed by atoms with Crippen LogP contribution in [0.2, 0.25) is 15.3 Å². The molecule has 0 unspecified atom stereocenters. The van der Waals surface area contributed by atoms with Crippen LogP contribution in [0.25, 0.3) is 16.9 Å². The molecule has 120 valence electrons. The summed E-state index contributed by atoms with van der Waals surface area (Å²) in [6, 6.07) is 3.84. The fourth-order valence-electron chi connectivity index (χ4n) is 1.90. The molecule has 2 aromatic heterocycles. The quantitative estimate of drug-likeness (QED) is 0.429. The first kappa shape index (κ1) is 16.6. The van der Waals surface area contributed by atoms with Crippen LogP contribution >= 0.6 is 46.6 Å². The Balaban J connectivity index is 2.20. The maximum Gasteiger partial charge on any atom is 0.446 e. The second kappa shape index (κ2) is 6.01. The van der Waals surface area contributed by atoms with Gasteiger partial charge in [0.05, 0.1) is 5.56 Å². The van der Waals surface area contributed by atoms with E-state index >= 15 is 0 Å². The molecular weight excluding hydrogens is 396 g/mol. The van der Waals surface area contributed by atoms with E-state index in [4.69, 9.17) is 34.8 Å². The topological polar surface area (TPSA) is 43.1 Å². The van der Waals surface area contributed by atoms with Gasteiger partial charge in [-0.2, -0.15) is 32.8 Å². The summed E-state index contributed by atoms with van der Waals surface area (Å²) in [4.78, 5) is 7.80. The molecule has 0 amide bonds. The van der Waals surface area contributed by atoms with Crippen molar-refractivity contribution in [2.24, 2.45) is 0 Å². The smallest absolute Gasteiger partial charge is 0.198 e. The number of nitrogens with zero attached hydrogens (tertiary/aromatic N) is 4. The van der Waals surface area contributed by atoms with Crippen molar-refractivity contribution in [3.8, 4) is 11.1 Å². The minimum atomic E-state index is -4.42.